The summed E-state index contributed by atoms with van der Waals surface area (Å²) >= 11 is 5.97. The van der Waals surface area contributed by atoms with E-state index >= 15 is 0 Å². The molecule has 0 spiro atoms. The highest BCUT2D eigenvalue weighted by molar-refractivity contribution is 6.31. The van der Waals surface area contributed by atoms with E-state index in [0.717, 1.165) is 10.9 Å². The van der Waals surface area contributed by atoms with Crippen molar-refractivity contribution in [3.05, 3.63) is 59.1 Å². The Kier molecular flexibility index (Phi) is 5.10. The quantitative estimate of drug-likeness (QED) is 0.593. The van der Waals surface area contributed by atoms with Crippen molar-refractivity contribution in [1.29, 1.82) is 0 Å². The first-order valence-corrected chi connectivity index (χ1v) is 9.24. The molecule has 4 rings (SSSR count). The smallest absolute Gasteiger partial charge is 0.410 e. The number of fused-ring (bicyclic) bond motifs is 1. The number of carbonyl (C=O) groups excluding carboxylic acids is 1. The Bertz CT molecular complexity index is 1070. The van der Waals surface area contributed by atoms with Crippen LogP contribution in [0.5, 0.6) is 5.75 Å². The van der Waals surface area contributed by atoms with Crippen LogP contribution in [-0.4, -0.2) is 29.0 Å². The highest BCUT2D eigenvalue weighted by Gasteiger charge is 2.47. The molecule has 3 heterocycles. The molecule has 0 saturated carbocycles. The average molecular weight is 441 g/mol. The van der Waals surface area contributed by atoms with E-state index in [2.05, 4.69) is 15.7 Å². The monoisotopic (exact) mass is 440 g/mol. The predicted molar refractivity (Wildman–Crippen MR) is 103 cm³/mol. The van der Waals surface area contributed by atoms with Crippen LogP contribution in [0.15, 0.2) is 47.2 Å². The first-order chi connectivity index (χ1) is 14.3. The maximum atomic E-state index is 13.7. The molecule has 1 aromatic carbocycles. The number of furan rings is 1. The van der Waals surface area contributed by atoms with Gasteiger partial charge >= 0.3 is 6.18 Å². The number of hydrogen-bond acceptors (Lipinski definition) is 5. The van der Waals surface area contributed by atoms with Crippen LogP contribution >= 0.6 is 11.6 Å². The number of methoxy groups -OCH3 is 1. The van der Waals surface area contributed by atoms with Crippen molar-refractivity contribution in [2.75, 3.05) is 17.7 Å². The van der Waals surface area contributed by atoms with E-state index < -0.39 is 24.2 Å². The molecular weight excluding hydrogens is 425 g/mol. The van der Waals surface area contributed by atoms with E-state index in [1.807, 2.05) is 0 Å². The van der Waals surface area contributed by atoms with Crippen LogP contribution < -0.4 is 15.4 Å². The van der Waals surface area contributed by atoms with Gasteiger partial charge in [-0.25, -0.2) is 4.68 Å². The number of anilines is 2. The summed E-state index contributed by atoms with van der Waals surface area (Å²) in [5.74, 6) is -0.0308. The molecule has 2 N–H and O–H groups in total. The maximum Gasteiger partial charge on any atom is 0.410 e. The molecule has 1 aliphatic heterocycles. The second-order valence-electron chi connectivity index (χ2n) is 6.66. The van der Waals surface area contributed by atoms with Gasteiger partial charge in [0.05, 0.1) is 31.3 Å². The Hall–Kier alpha value is -3.14. The molecular formula is C19H16ClF3N4O3. The van der Waals surface area contributed by atoms with Crippen LogP contribution in [-0.2, 0) is 0 Å². The SMILES string of the molecule is COc1ccc(Cl)cc1NC(=O)c1cnn2c1N[C@@H](c1ccco1)C[C@@H]2C(F)(F)F. The van der Waals surface area contributed by atoms with Crippen molar-refractivity contribution < 1.29 is 27.1 Å². The van der Waals surface area contributed by atoms with Crippen molar-refractivity contribution >= 4 is 29.0 Å². The van der Waals surface area contributed by atoms with Gasteiger partial charge in [0, 0.05) is 11.4 Å². The van der Waals surface area contributed by atoms with Gasteiger partial charge in [0.2, 0.25) is 0 Å². The van der Waals surface area contributed by atoms with Crippen molar-refractivity contribution in [1.82, 2.24) is 9.78 Å². The molecule has 11 heteroatoms. The number of rotatable bonds is 4. The molecule has 0 fully saturated rings. The lowest BCUT2D eigenvalue weighted by Crippen LogP contribution is -2.36. The molecule has 0 aliphatic carbocycles. The van der Waals surface area contributed by atoms with Crippen LogP contribution in [0.2, 0.25) is 5.02 Å². The van der Waals surface area contributed by atoms with Gasteiger partial charge in [0.15, 0.2) is 6.04 Å². The lowest BCUT2D eigenvalue weighted by molar-refractivity contribution is -0.174. The molecule has 2 atom stereocenters. The molecule has 7 nitrogen and oxygen atoms in total. The van der Waals surface area contributed by atoms with Crippen molar-refractivity contribution in [3.8, 4) is 5.75 Å². The molecule has 0 radical (unpaired) electrons. The fraction of sp³-hybridized carbons (Fsp3) is 0.263. The van der Waals surface area contributed by atoms with E-state index in [-0.39, 0.29) is 23.5 Å². The number of nitrogens with one attached hydrogen (secondary N) is 2. The number of benzene rings is 1. The largest absolute Gasteiger partial charge is 0.495 e. The van der Waals surface area contributed by atoms with Gasteiger partial charge in [-0.05, 0) is 30.3 Å². The summed E-state index contributed by atoms with van der Waals surface area (Å²) in [6.45, 7) is 0. The number of alkyl halides is 3. The van der Waals surface area contributed by atoms with E-state index in [0.29, 0.717) is 16.5 Å². The first-order valence-electron chi connectivity index (χ1n) is 8.87. The molecule has 30 heavy (non-hydrogen) atoms. The highest BCUT2D eigenvalue weighted by Crippen LogP contribution is 2.44. The average Bonchev–Trinajstić information content (AvgIpc) is 3.36. The normalized spacial score (nSPS) is 18.4. The minimum absolute atomic E-state index is 0.0523. The van der Waals surface area contributed by atoms with Crippen LogP contribution in [0.4, 0.5) is 24.7 Å². The number of amides is 1. The summed E-state index contributed by atoms with van der Waals surface area (Å²) in [6, 6.07) is 5.11. The first kappa shape index (κ1) is 20.1. The van der Waals surface area contributed by atoms with Gasteiger partial charge in [-0.15, -0.1) is 0 Å². The fourth-order valence-corrected chi connectivity index (χ4v) is 3.54. The third kappa shape index (κ3) is 3.70. The zero-order valence-electron chi connectivity index (χ0n) is 15.5. The van der Waals surface area contributed by atoms with Crippen LogP contribution in [0, 0.1) is 0 Å². The summed E-state index contributed by atoms with van der Waals surface area (Å²) in [7, 11) is 1.42. The Morgan fingerprint density at radius 1 is 1.40 bits per heavy atom. The highest BCUT2D eigenvalue weighted by atomic mass is 35.5. The van der Waals surface area contributed by atoms with Gasteiger partial charge in [-0.1, -0.05) is 11.6 Å². The van der Waals surface area contributed by atoms with E-state index in [1.165, 1.54) is 19.4 Å². The Morgan fingerprint density at radius 3 is 2.87 bits per heavy atom. The number of hydrogen-bond donors (Lipinski definition) is 2. The minimum Gasteiger partial charge on any atom is -0.495 e. The summed E-state index contributed by atoms with van der Waals surface area (Å²) in [6.07, 6.45) is -2.41. The predicted octanol–water partition coefficient (Wildman–Crippen LogP) is 5.05. The van der Waals surface area contributed by atoms with E-state index in [9.17, 15) is 18.0 Å². The van der Waals surface area contributed by atoms with E-state index in [4.69, 9.17) is 20.8 Å². The maximum absolute atomic E-state index is 13.7. The molecule has 158 valence electrons. The van der Waals surface area contributed by atoms with E-state index in [1.54, 1.807) is 24.3 Å². The number of carbonyl (C=O) groups is 1. The second-order valence-corrected chi connectivity index (χ2v) is 7.09. The summed E-state index contributed by atoms with van der Waals surface area (Å²) in [4.78, 5) is 12.9. The van der Waals surface area contributed by atoms with Gasteiger partial charge in [0.1, 0.15) is 22.9 Å². The lowest BCUT2D eigenvalue weighted by Gasteiger charge is -2.32. The van der Waals surface area contributed by atoms with Gasteiger partial charge in [0.25, 0.3) is 5.91 Å². The van der Waals surface area contributed by atoms with Crippen LogP contribution in [0.3, 0.4) is 0 Å². The second kappa shape index (κ2) is 7.60. The molecule has 0 bridgehead atoms. The molecule has 1 aliphatic rings. The lowest BCUT2D eigenvalue weighted by atomic mass is 10.0. The Labute approximate surface area is 173 Å². The topological polar surface area (TPSA) is 81.3 Å². The Morgan fingerprint density at radius 2 is 2.20 bits per heavy atom. The number of nitrogens with zero attached hydrogens (tertiary/aromatic N) is 2. The van der Waals surface area contributed by atoms with Crippen LogP contribution in [0.25, 0.3) is 0 Å². The Balaban J connectivity index is 1.69. The summed E-state index contributed by atoms with van der Waals surface area (Å²) in [5, 5.41) is 9.74. The molecule has 2 aromatic heterocycles. The number of halogens is 4. The third-order valence-corrected chi connectivity index (χ3v) is 5.01. The van der Waals surface area contributed by atoms with Crippen molar-refractivity contribution in [3.63, 3.8) is 0 Å². The summed E-state index contributed by atoms with van der Waals surface area (Å²) < 4.78 is 52.3. The van der Waals surface area contributed by atoms with Gasteiger partial charge in [-0.3, -0.25) is 4.79 Å². The molecule has 1 amide bonds. The molecule has 0 saturated heterocycles. The third-order valence-electron chi connectivity index (χ3n) is 4.78. The number of ether oxygens (including phenoxy) is 1. The van der Waals surface area contributed by atoms with Gasteiger partial charge < -0.3 is 19.8 Å². The summed E-state index contributed by atoms with van der Waals surface area (Å²) in [5.41, 5.74) is 0.225. The molecule has 3 aromatic rings. The van der Waals surface area contributed by atoms with Crippen LogP contribution in [0.1, 0.15) is 34.6 Å². The van der Waals surface area contributed by atoms with Crippen molar-refractivity contribution in [2.45, 2.75) is 24.7 Å². The number of aromatic nitrogens is 2. The van der Waals surface area contributed by atoms with Gasteiger partial charge in [-0.2, -0.15) is 18.3 Å². The standard InChI is InChI=1S/C19H16ClF3N4O3/c1-29-14-5-4-10(20)7-12(14)26-18(28)11-9-24-27-16(19(21,22)23)8-13(25-17(11)27)15-3-2-6-30-15/h2-7,9,13,16,25H,8H2,1H3,(H,26,28)/t13-,16-/m1/s1. The molecule has 0 unspecified atom stereocenters. The zero-order chi connectivity index (χ0) is 21.5. The van der Waals surface area contributed by atoms with Crippen molar-refractivity contribution in [2.24, 2.45) is 0 Å². The zero-order valence-corrected chi connectivity index (χ0v) is 16.3. The minimum atomic E-state index is -4.56. The fourth-order valence-electron chi connectivity index (χ4n) is 3.37.